The molecule has 0 heterocycles. The summed E-state index contributed by atoms with van der Waals surface area (Å²) in [6.07, 6.45) is 12.5. The molecule has 2 heteroatoms. The fourth-order valence-corrected chi connectivity index (χ4v) is 2.26. The molecular weight excluding hydrogens is 270 g/mol. The molecule has 1 unspecified atom stereocenters. The highest BCUT2D eigenvalue weighted by atomic mass is 16.1. The monoisotopic (exact) mass is 297 g/mol. The van der Waals surface area contributed by atoms with Crippen LogP contribution in [0.2, 0.25) is 0 Å². The highest BCUT2D eigenvalue weighted by molar-refractivity contribution is 5.94. The van der Waals surface area contributed by atoms with Gasteiger partial charge in [-0.25, -0.2) is 0 Å². The van der Waals surface area contributed by atoms with Crippen molar-refractivity contribution in [3.63, 3.8) is 0 Å². The molecule has 2 rings (SSSR count). The van der Waals surface area contributed by atoms with Crippen LogP contribution >= 0.6 is 0 Å². The van der Waals surface area contributed by atoms with E-state index in [1.54, 1.807) is 6.08 Å². The van der Waals surface area contributed by atoms with Gasteiger partial charge in [0.1, 0.15) is 0 Å². The molecule has 2 aliphatic rings. The quantitative estimate of drug-likeness (QED) is 0.445. The minimum Gasteiger partial charge on any atom is -0.350 e. The first-order chi connectivity index (χ1) is 10.6. The first kappa shape index (κ1) is 16.6. The Morgan fingerprint density at radius 2 is 2.05 bits per heavy atom. The van der Waals surface area contributed by atoms with Gasteiger partial charge in [-0.1, -0.05) is 44.4 Å². The molecule has 2 nitrogen and oxygen atoms in total. The number of hydrogen-bond donors (Lipinski definition) is 1. The second-order valence-electron chi connectivity index (χ2n) is 6.40. The summed E-state index contributed by atoms with van der Waals surface area (Å²) in [5, 5.41) is 3.14. The lowest BCUT2D eigenvalue weighted by atomic mass is 9.91. The number of hydrogen-bond acceptors (Lipinski definition) is 1. The molecule has 2 aliphatic carbocycles. The Hall–Kier alpha value is -1.75. The fraction of sp³-hybridized carbons (Fsp3) is 0.550. The molecule has 0 spiro atoms. The average molecular weight is 297 g/mol. The van der Waals surface area contributed by atoms with Crippen LogP contribution in [0.25, 0.3) is 0 Å². The molecule has 0 aliphatic heterocycles. The van der Waals surface area contributed by atoms with Gasteiger partial charge in [-0.2, -0.15) is 0 Å². The molecule has 1 amide bonds. The Balaban J connectivity index is 2.09. The molecule has 1 atom stereocenters. The number of carbonyl (C=O) groups is 1. The van der Waals surface area contributed by atoms with E-state index in [-0.39, 0.29) is 11.8 Å². The predicted molar refractivity (Wildman–Crippen MR) is 92.1 cm³/mol. The minimum atomic E-state index is 0.0777. The van der Waals surface area contributed by atoms with Crippen LogP contribution in [-0.4, -0.2) is 11.9 Å². The lowest BCUT2D eigenvalue weighted by molar-refractivity contribution is -0.119. The summed E-state index contributed by atoms with van der Waals surface area (Å²) >= 11 is 0. The highest BCUT2D eigenvalue weighted by Gasteiger charge is 2.22. The summed E-state index contributed by atoms with van der Waals surface area (Å²) in [5.74, 6) is 7.30. The number of amides is 1. The van der Waals surface area contributed by atoms with E-state index >= 15 is 0 Å². The maximum atomic E-state index is 12.5. The smallest absolute Gasteiger partial charge is 0.247 e. The van der Waals surface area contributed by atoms with Crippen molar-refractivity contribution in [3.05, 3.63) is 36.0 Å². The molecule has 0 aromatic rings. The van der Waals surface area contributed by atoms with Gasteiger partial charge in [0.05, 0.1) is 0 Å². The molecule has 118 valence electrons. The van der Waals surface area contributed by atoms with E-state index in [1.807, 2.05) is 12.2 Å². The molecule has 22 heavy (non-hydrogen) atoms. The van der Waals surface area contributed by atoms with Crippen LogP contribution in [0.4, 0.5) is 0 Å². The standard InChI is InChI=1S/C20H27NO/c1-4-15(3)19(20(22)21-18-7-6-8-18)14-13-16(5-2)9-10-17-11-12-17/h5,13-15,17-18H,2,4,6-8,11-12H2,1,3H3,(H,21,22). The first-order valence-electron chi connectivity index (χ1n) is 8.50. The zero-order chi connectivity index (χ0) is 15.9. The van der Waals surface area contributed by atoms with E-state index in [9.17, 15) is 4.79 Å². The molecule has 0 bridgehead atoms. The Morgan fingerprint density at radius 1 is 1.32 bits per heavy atom. The molecule has 0 aromatic carbocycles. The van der Waals surface area contributed by atoms with Crippen molar-refractivity contribution in [3.8, 4) is 11.8 Å². The summed E-state index contributed by atoms with van der Waals surface area (Å²) in [4.78, 5) is 12.5. The van der Waals surface area contributed by atoms with Gasteiger partial charge in [0, 0.05) is 23.1 Å². The molecule has 0 aromatic heterocycles. The molecule has 0 saturated heterocycles. The van der Waals surface area contributed by atoms with Gasteiger partial charge in [0.15, 0.2) is 0 Å². The van der Waals surface area contributed by atoms with Gasteiger partial charge in [0.2, 0.25) is 5.91 Å². The Kier molecular flexibility index (Phi) is 6.07. The van der Waals surface area contributed by atoms with E-state index < -0.39 is 0 Å². The second-order valence-corrected chi connectivity index (χ2v) is 6.40. The highest BCUT2D eigenvalue weighted by Crippen LogP contribution is 2.27. The van der Waals surface area contributed by atoms with Crippen molar-refractivity contribution in [1.82, 2.24) is 5.32 Å². The van der Waals surface area contributed by atoms with Crippen molar-refractivity contribution in [2.24, 2.45) is 11.8 Å². The van der Waals surface area contributed by atoms with Crippen LogP contribution in [0.5, 0.6) is 0 Å². The first-order valence-corrected chi connectivity index (χ1v) is 8.50. The third-order valence-electron chi connectivity index (χ3n) is 4.51. The normalized spacial score (nSPS) is 20.5. The summed E-state index contributed by atoms with van der Waals surface area (Å²) in [6.45, 7) is 8.03. The van der Waals surface area contributed by atoms with E-state index in [0.717, 1.165) is 30.4 Å². The largest absolute Gasteiger partial charge is 0.350 e. The molecular formula is C20H27NO. The van der Waals surface area contributed by atoms with Crippen molar-refractivity contribution >= 4 is 5.91 Å². The Morgan fingerprint density at radius 3 is 2.55 bits per heavy atom. The number of carbonyl (C=O) groups excluding carboxylic acids is 1. The summed E-state index contributed by atoms with van der Waals surface area (Å²) < 4.78 is 0. The van der Waals surface area contributed by atoms with Crippen molar-refractivity contribution in [2.75, 3.05) is 0 Å². The van der Waals surface area contributed by atoms with Gasteiger partial charge in [-0.05, 0) is 50.5 Å². The fourth-order valence-electron chi connectivity index (χ4n) is 2.26. The van der Waals surface area contributed by atoms with Crippen LogP contribution in [0.1, 0.15) is 52.4 Å². The van der Waals surface area contributed by atoms with Gasteiger partial charge in [-0.15, -0.1) is 0 Å². The van der Waals surface area contributed by atoms with Gasteiger partial charge in [0.25, 0.3) is 0 Å². The van der Waals surface area contributed by atoms with Crippen LogP contribution in [0.3, 0.4) is 0 Å². The topological polar surface area (TPSA) is 29.1 Å². The Labute approximate surface area is 134 Å². The number of rotatable bonds is 6. The molecule has 1 N–H and O–H groups in total. The van der Waals surface area contributed by atoms with Crippen molar-refractivity contribution in [2.45, 2.75) is 58.4 Å². The zero-order valence-electron chi connectivity index (χ0n) is 13.8. The average Bonchev–Trinajstić information content (AvgIpc) is 3.30. The SMILES string of the molecule is C=CC(C#CC1CC1)=CC=C(C(=O)NC1CCC1)C(C)CC. The molecule has 2 fully saturated rings. The van der Waals surface area contributed by atoms with Gasteiger partial charge >= 0.3 is 0 Å². The van der Waals surface area contributed by atoms with Crippen molar-refractivity contribution in [1.29, 1.82) is 0 Å². The summed E-state index contributed by atoms with van der Waals surface area (Å²) in [5.41, 5.74) is 1.74. The molecule has 2 saturated carbocycles. The van der Waals surface area contributed by atoms with Gasteiger partial charge < -0.3 is 5.32 Å². The third-order valence-corrected chi connectivity index (χ3v) is 4.51. The van der Waals surface area contributed by atoms with E-state index in [2.05, 4.69) is 37.6 Å². The maximum absolute atomic E-state index is 12.5. The maximum Gasteiger partial charge on any atom is 0.247 e. The zero-order valence-corrected chi connectivity index (χ0v) is 13.8. The third kappa shape index (κ3) is 4.91. The van der Waals surface area contributed by atoms with Crippen LogP contribution in [-0.2, 0) is 4.79 Å². The predicted octanol–water partition coefficient (Wildman–Crippen LogP) is 4.15. The number of nitrogens with one attached hydrogen (secondary N) is 1. The van der Waals surface area contributed by atoms with Crippen LogP contribution < -0.4 is 5.32 Å². The minimum absolute atomic E-state index is 0.0777. The number of allylic oxidation sites excluding steroid dienone is 4. The Bertz CT molecular complexity index is 536. The van der Waals surface area contributed by atoms with E-state index in [1.165, 1.54) is 19.3 Å². The van der Waals surface area contributed by atoms with Crippen molar-refractivity contribution < 1.29 is 4.79 Å². The lowest BCUT2D eigenvalue weighted by Crippen LogP contribution is -2.41. The second kappa shape index (κ2) is 8.03. The van der Waals surface area contributed by atoms with Crippen LogP contribution in [0, 0.1) is 23.7 Å². The summed E-state index contributed by atoms with van der Waals surface area (Å²) in [6, 6.07) is 0.373. The van der Waals surface area contributed by atoms with Crippen LogP contribution in [0.15, 0.2) is 36.0 Å². The van der Waals surface area contributed by atoms with E-state index in [0.29, 0.717) is 12.0 Å². The van der Waals surface area contributed by atoms with E-state index in [4.69, 9.17) is 0 Å². The van der Waals surface area contributed by atoms with Gasteiger partial charge in [-0.3, -0.25) is 4.79 Å². The summed E-state index contributed by atoms with van der Waals surface area (Å²) in [7, 11) is 0. The lowest BCUT2D eigenvalue weighted by Gasteiger charge is -2.27. The molecule has 0 radical (unpaired) electrons.